The van der Waals surface area contributed by atoms with Gasteiger partial charge in [0.25, 0.3) is 0 Å². The largest absolute Gasteiger partial charge is 0.342 e. The molecule has 18 heavy (non-hydrogen) atoms. The summed E-state index contributed by atoms with van der Waals surface area (Å²) < 4.78 is 0. The van der Waals surface area contributed by atoms with Crippen LogP contribution in [0.2, 0.25) is 0 Å². The maximum atomic E-state index is 4.44. The summed E-state index contributed by atoms with van der Waals surface area (Å²) >= 11 is 0. The van der Waals surface area contributed by atoms with Crippen molar-refractivity contribution in [2.45, 2.75) is 59.8 Å². The maximum absolute atomic E-state index is 4.44. The van der Waals surface area contributed by atoms with Gasteiger partial charge in [0.15, 0.2) is 0 Å². The minimum Gasteiger partial charge on any atom is -0.342 e. The van der Waals surface area contributed by atoms with Gasteiger partial charge in [-0.15, -0.1) is 0 Å². The van der Waals surface area contributed by atoms with Gasteiger partial charge in [-0.1, -0.05) is 31.1 Å². The van der Waals surface area contributed by atoms with Crippen LogP contribution in [0.25, 0.3) is 6.08 Å². The molecule has 0 amide bonds. The molecule has 1 atom stereocenters. The molecule has 1 aromatic heterocycles. The molecule has 1 unspecified atom stereocenters. The minimum atomic E-state index is 0.512. The first-order chi connectivity index (χ1) is 8.52. The number of nitrogens with one attached hydrogen (secondary N) is 1. The van der Waals surface area contributed by atoms with E-state index in [9.17, 15) is 0 Å². The van der Waals surface area contributed by atoms with Crippen LogP contribution in [0.3, 0.4) is 0 Å². The van der Waals surface area contributed by atoms with Crippen molar-refractivity contribution in [3.63, 3.8) is 0 Å². The van der Waals surface area contributed by atoms with Crippen molar-refractivity contribution < 1.29 is 0 Å². The lowest BCUT2D eigenvalue weighted by molar-refractivity contribution is 0.689. The molecule has 1 N–H and O–H groups in total. The molecular formula is C16H26N2. The first kappa shape index (κ1) is 14.7. The molecule has 0 saturated carbocycles. The Morgan fingerprint density at radius 1 is 1.39 bits per heavy atom. The topological polar surface area (TPSA) is 28.7 Å². The second-order valence-corrected chi connectivity index (χ2v) is 5.34. The Balaban J connectivity index is 2.59. The molecule has 0 aromatic carbocycles. The smallest absolute Gasteiger partial charge is 0.109 e. The lowest BCUT2D eigenvalue weighted by Crippen LogP contribution is -1.93. The van der Waals surface area contributed by atoms with Gasteiger partial charge in [-0.05, 0) is 46.1 Å². The van der Waals surface area contributed by atoms with Crippen molar-refractivity contribution in [2.24, 2.45) is 0 Å². The summed E-state index contributed by atoms with van der Waals surface area (Å²) in [6.07, 6.45) is 9.79. The second-order valence-electron chi connectivity index (χ2n) is 5.34. The average molecular weight is 246 g/mol. The molecule has 1 heterocycles. The number of allylic oxidation sites excluding steroid dienone is 3. The molecule has 0 radical (unpaired) electrons. The number of rotatable bonds is 6. The van der Waals surface area contributed by atoms with Crippen molar-refractivity contribution in [1.82, 2.24) is 9.97 Å². The van der Waals surface area contributed by atoms with Gasteiger partial charge in [-0.25, -0.2) is 4.98 Å². The number of hydrogen-bond acceptors (Lipinski definition) is 1. The van der Waals surface area contributed by atoms with E-state index in [1.165, 1.54) is 11.1 Å². The van der Waals surface area contributed by atoms with Crippen LogP contribution in [0.1, 0.15) is 71.3 Å². The van der Waals surface area contributed by atoms with Crippen molar-refractivity contribution in [2.75, 3.05) is 0 Å². The fourth-order valence-electron chi connectivity index (χ4n) is 1.79. The minimum absolute atomic E-state index is 0.512. The molecule has 0 spiro atoms. The molecule has 0 aliphatic heterocycles. The van der Waals surface area contributed by atoms with Gasteiger partial charge in [-0.2, -0.15) is 0 Å². The van der Waals surface area contributed by atoms with E-state index in [1.807, 2.05) is 6.20 Å². The first-order valence-electron chi connectivity index (χ1n) is 6.88. The van der Waals surface area contributed by atoms with E-state index in [0.717, 1.165) is 30.8 Å². The van der Waals surface area contributed by atoms with E-state index in [4.69, 9.17) is 0 Å². The lowest BCUT2D eigenvalue weighted by Gasteiger charge is -2.02. The summed E-state index contributed by atoms with van der Waals surface area (Å²) in [5.74, 6) is 1.61. The van der Waals surface area contributed by atoms with Crippen LogP contribution in [0.4, 0.5) is 0 Å². The van der Waals surface area contributed by atoms with Gasteiger partial charge in [-0.3, -0.25) is 0 Å². The number of aromatic amines is 1. The van der Waals surface area contributed by atoms with E-state index in [1.54, 1.807) is 0 Å². The highest BCUT2D eigenvalue weighted by Gasteiger charge is 2.06. The molecule has 0 aliphatic carbocycles. The zero-order chi connectivity index (χ0) is 13.5. The third-order valence-electron chi connectivity index (χ3n) is 3.19. The zero-order valence-corrected chi connectivity index (χ0v) is 12.4. The van der Waals surface area contributed by atoms with Crippen LogP contribution in [-0.2, 0) is 0 Å². The highest BCUT2D eigenvalue weighted by Crippen LogP contribution is 2.17. The van der Waals surface area contributed by atoms with E-state index >= 15 is 0 Å². The van der Waals surface area contributed by atoms with Crippen LogP contribution in [0.5, 0.6) is 0 Å². The Kier molecular flexibility index (Phi) is 5.90. The van der Waals surface area contributed by atoms with Crippen LogP contribution in [0, 0.1) is 0 Å². The normalized spacial score (nSPS) is 13.5. The molecule has 0 bridgehead atoms. The van der Waals surface area contributed by atoms with Crippen LogP contribution in [0.15, 0.2) is 23.4 Å². The van der Waals surface area contributed by atoms with Crippen molar-refractivity contribution in [3.05, 3.63) is 34.9 Å². The Bertz CT molecular complexity index is 420. The molecule has 1 rings (SSSR count). The van der Waals surface area contributed by atoms with Crippen molar-refractivity contribution in [3.8, 4) is 0 Å². The molecular weight excluding hydrogens is 220 g/mol. The monoisotopic (exact) mass is 246 g/mol. The van der Waals surface area contributed by atoms with Gasteiger partial charge in [0, 0.05) is 5.92 Å². The van der Waals surface area contributed by atoms with E-state index in [0.29, 0.717) is 5.92 Å². The van der Waals surface area contributed by atoms with Gasteiger partial charge >= 0.3 is 0 Å². The number of aromatic nitrogens is 2. The summed E-state index contributed by atoms with van der Waals surface area (Å²) in [6, 6.07) is 0. The van der Waals surface area contributed by atoms with Gasteiger partial charge in [0.2, 0.25) is 0 Å². The fourth-order valence-corrected chi connectivity index (χ4v) is 1.79. The predicted octanol–water partition coefficient (Wildman–Crippen LogP) is 5.07. The third-order valence-corrected chi connectivity index (χ3v) is 3.19. The van der Waals surface area contributed by atoms with Crippen molar-refractivity contribution >= 4 is 6.08 Å². The quantitative estimate of drug-likeness (QED) is 0.697. The van der Waals surface area contributed by atoms with Crippen LogP contribution >= 0.6 is 0 Å². The number of H-pyrrole nitrogens is 1. The summed E-state index contributed by atoms with van der Waals surface area (Å²) in [6.45, 7) is 10.9. The van der Waals surface area contributed by atoms with Gasteiger partial charge in [0.05, 0.1) is 11.9 Å². The van der Waals surface area contributed by atoms with E-state index in [-0.39, 0.29) is 0 Å². The summed E-state index contributed by atoms with van der Waals surface area (Å²) in [5, 5.41) is 0. The average Bonchev–Trinajstić information content (AvgIpc) is 2.76. The Hall–Kier alpha value is -1.31. The standard InChI is InChI=1S/C16H26N2/c1-6-14(5)16-17-11-15(18-16)10-13(4)9-7-8-12(2)3/h8,10-11,14H,6-7,9H2,1-5H3,(H,17,18). The molecule has 100 valence electrons. The zero-order valence-electron chi connectivity index (χ0n) is 12.4. The molecule has 2 heteroatoms. The summed E-state index contributed by atoms with van der Waals surface area (Å²) in [4.78, 5) is 7.83. The Labute approximate surface area is 111 Å². The van der Waals surface area contributed by atoms with Crippen molar-refractivity contribution in [1.29, 1.82) is 0 Å². The molecule has 0 saturated heterocycles. The summed E-state index contributed by atoms with van der Waals surface area (Å²) in [5.41, 5.74) is 3.91. The molecule has 0 aliphatic rings. The molecule has 1 aromatic rings. The predicted molar refractivity (Wildman–Crippen MR) is 79.6 cm³/mol. The van der Waals surface area contributed by atoms with E-state index in [2.05, 4.69) is 56.7 Å². The molecule has 0 fully saturated rings. The molecule has 2 nitrogen and oxygen atoms in total. The lowest BCUT2D eigenvalue weighted by atomic mass is 10.1. The first-order valence-corrected chi connectivity index (χ1v) is 6.88. The highest BCUT2D eigenvalue weighted by molar-refractivity contribution is 5.47. The fraction of sp³-hybridized carbons (Fsp3) is 0.562. The van der Waals surface area contributed by atoms with E-state index < -0.39 is 0 Å². The third kappa shape index (κ3) is 4.91. The SMILES string of the molecule is CCC(C)c1ncc(C=C(C)CCC=C(C)C)[nH]1. The second kappa shape index (κ2) is 7.20. The van der Waals surface area contributed by atoms with Crippen LogP contribution in [-0.4, -0.2) is 9.97 Å². The van der Waals surface area contributed by atoms with Gasteiger partial charge in [0.1, 0.15) is 5.82 Å². The Morgan fingerprint density at radius 3 is 2.72 bits per heavy atom. The van der Waals surface area contributed by atoms with Gasteiger partial charge < -0.3 is 4.98 Å². The number of hydrogen-bond donors (Lipinski definition) is 1. The number of imidazole rings is 1. The Morgan fingerprint density at radius 2 is 2.11 bits per heavy atom. The number of nitrogens with zero attached hydrogens (tertiary/aromatic N) is 1. The summed E-state index contributed by atoms with van der Waals surface area (Å²) in [7, 11) is 0. The van der Waals surface area contributed by atoms with Crippen LogP contribution < -0.4 is 0 Å². The maximum Gasteiger partial charge on any atom is 0.109 e. The highest BCUT2D eigenvalue weighted by atomic mass is 14.9.